The van der Waals surface area contributed by atoms with Crippen LogP contribution in [0.1, 0.15) is 16.8 Å². The third kappa shape index (κ3) is 3.92. The van der Waals surface area contributed by atoms with E-state index in [1.165, 1.54) is 19.2 Å². The summed E-state index contributed by atoms with van der Waals surface area (Å²) in [7, 11) is 4.67. The Kier molecular flexibility index (Phi) is 5.92. The van der Waals surface area contributed by atoms with Crippen LogP contribution in [0.5, 0.6) is 0 Å². The Hall–Kier alpha value is -2.15. The van der Waals surface area contributed by atoms with Gasteiger partial charge in [0.1, 0.15) is 0 Å². The Morgan fingerprint density at radius 1 is 1.40 bits per heavy atom. The van der Waals surface area contributed by atoms with Gasteiger partial charge in [-0.05, 0) is 12.5 Å². The lowest BCUT2D eigenvalue weighted by Gasteiger charge is -2.21. The fraction of sp³-hybridized carbons (Fsp3) is 0.462. The highest BCUT2D eigenvalue weighted by molar-refractivity contribution is 5.96. The molecule has 0 fully saturated rings. The molecule has 0 radical (unpaired) electrons. The van der Waals surface area contributed by atoms with E-state index in [2.05, 4.69) is 4.74 Å². The summed E-state index contributed by atoms with van der Waals surface area (Å²) < 4.78 is 9.64. The van der Waals surface area contributed by atoms with Gasteiger partial charge in [-0.1, -0.05) is 0 Å². The average molecular weight is 282 g/mol. The summed E-state index contributed by atoms with van der Waals surface area (Å²) in [6, 6.07) is 4.15. The number of anilines is 1. The first kappa shape index (κ1) is 15.9. The number of carbonyl (C=O) groups is 1. The van der Waals surface area contributed by atoms with E-state index in [1.54, 1.807) is 13.2 Å². The monoisotopic (exact) mass is 282 g/mol. The summed E-state index contributed by atoms with van der Waals surface area (Å²) in [6.07, 6.45) is 0.782. The van der Waals surface area contributed by atoms with Crippen molar-refractivity contribution < 1.29 is 19.2 Å². The summed E-state index contributed by atoms with van der Waals surface area (Å²) in [5.41, 5.74) is 0.639. The van der Waals surface area contributed by atoms with E-state index >= 15 is 0 Å². The number of hydrogen-bond acceptors (Lipinski definition) is 6. The molecule has 0 saturated heterocycles. The first-order valence-electron chi connectivity index (χ1n) is 6.08. The van der Waals surface area contributed by atoms with Crippen LogP contribution in [0.25, 0.3) is 0 Å². The first-order valence-corrected chi connectivity index (χ1v) is 6.08. The van der Waals surface area contributed by atoms with Crippen molar-refractivity contribution in [3.05, 3.63) is 33.9 Å². The standard InChI is InChI=1S/C13H18N2O5/c1-14(7-4-8-19-2)12-6-5-10(15(17)18)9-11(12)13(16)20-3/h5-6,9H,4,7-8H2,1-3H3. The van der Waals surface area contributed by atoms with Crippen molar-refractivity contribution >= 4 is 17.3 Å². The Balaban J connectivity index is 3.04. The Labute approximate surface area is 117 Å². The zero-order valence-electron chi connectivity index (χ0n) is 11.8. The zero-order chi connectivity index (χ0) is 15.1. The molecule has 0 atom stereocenters. The molecule has 1 aromatic carbocycles. The molecule has 7 heteroatoms. The molecule has 0 aromatic heterocycles. The van der Waals surface area contributed by atoms with Gasteiger partial charge in [0.25, 0.3) is 5.69 Å². The summed E-state index contributed by atoms with van der Waals surface area (Å²) in [5.74, 6) is -0.595. The van der Waals surface area contributed by atoms with Crippen LogP contribution in [0.4, 0.5) is 11.4 Å². The van der Waals surface area contributed by atoms with Crippen LogP contribution in [-0.2, 0) is 9.47 Å². The van der Waals surface area contributed by atoms with Crippen molar-refractivity contribution in [2.45, 2.75) is 6.42 Å². The molecule has 0 amide bonds. The van der Waals surface area contributed by atoms with Crippen molar-refractivity contribution in [1.82, 2.24) is 0 Å². The molecule has 0 heterocycles. The third-order valence-corrected chi connectivity index (χ3v) is 2.85. The highest BCUT2D eigenvalue weighted by Gasteiger charge is 2.19. The fourth-order valence-corrected chi connectivity index (χ4v) is 1.81. The first-order chi connectivity index (χ1) is 9.51. The number of non-ortho nitro benzene ring substituents is 1. The van der Waals surface area contributed by atoms with E-state index < -0.39 is 10.9 Å². The number of nitrogens with zero attached hydrogens (tertiary/aromatic N) is 2. The number of hydrogen-bond donors (Lipinski definition) is 0. The van der Waals surface area contributed by atoms with E-state index in [0.717, 1.165) is 6.42 Å². The molecule has 0 bridgehead atoms. The van der Waals surface area contributed by atoms with Gasteiger partial charge in [0, 0.05) is 39.4 Å². The minimum absolute atomic E-state index is 0.139. The number of nitro benzene ring substituents is 1. The van der Waals surface area contributed by atoms with Gasteiger partial charge in [-0.3, -0.25) is 10.1 Å². The fourth-order valence-electron chi connectivity index (χ4n) is 1.81. The van der Waals surface area contributed by atoms with Crippen LogP contribution in [0.3, 0.4) is 0 Å². The third-order valence-electron chi connectivity index (χ3n) is 2.85. The SMILES string of the molecule is COCCCN(C)c1ccc([N+](=O)[O-])cc1C(=O)OC. The van der Waals surface area contributed by atoms with Crippen molar-refractivity contribution in [3.63, 3.8) is 0 Å². The van der Waals surface area contributed by atoms with E-state index in [1.807, 2.05) is 11.9 Å². The van der Waals surface area contributed by atoms with Crippen LogP contribution in [0, 0.1) is 10.1 Å². The molecule has 0 unspecified atom stereocenters. The molecule has 20 heavy (non-hydrogen) atoms. The second kappa shape index (κ2) is 7.44. The maximum absolute atomic E-state index is 11.7. The van der Waals surface area contributed by atoms with Crippen molar-refractivity contribution in [2.75, 3.05) is 39.3 Å². The van der Waals surface area contributed by atoms with Gasteiger partial charge in [0.05, 0.1) is 23.3 Å². The lowest BCUT2D eigenvalue weighted by molar-refractivity contribution is -0.384. The summed E-state index contributed by atoms with van der Waals surface area (Å²) in [5, 5.41) is 10.8. The lowest BCUT2D eigenvalue weighted by atomic mass is 10.1. The number of carbonyl (C=O) groups excluding carboxylic acids is 1. The molecule has 1 rings (SSSR count). The van der Waals surface area contributed by atoms with E-state index in [9.17, 15) is 14.9 Å². The number of ether oxygens (including phenoxy) is 2. The maximum atomic E-state index is 11.7. The van der Waals surface area contributed by atoms with Crippen molar-refractivity contribution in [1.29, 1.82) is 0 Å². The number of methoxy groups -OCH3 is 2. The van der Waals surface area contributed by atoms with Gasteiger partial charge < -0.3 is 14.4 Å². The maximum Gasteiger partial charge on any atom is 0.340 e. The van der Waals surface area contributed by atoms with Crippen LogP contribution >= 0.6 is 0 Å². The van der Waals surface area contributed by atoms with Gasteiger partial charge in [0.2, 0.25) is 0 Å². The molecular formula is C13H18N2O5. The Morgan fingerprint density at radius 2 is 2.10 bits per heavy atom. The van der Waals surface area contributed by atoms with Crippen LogP contribution < -0.4 is 4.90 Å². The molecule has 1 aromatic rings. The number of rotatable bonds is 7. The molecular weight excluding hydrogens is 264 g/mol. The molecule has 0 N–H and O–H groups in total. The molecule has 7 nitrogen and oxygen atoms in total. The predicted octanol–water partition coefficient (Wildman–Crippen LogP) is 1.85. The quantitative estimate of drug-likeness (QED) is 0.328. The largest absolute Gasteiger partial charge is 0.465 e. The molecule has 110 valence electrons. The van der Waals surface area contributed by atoms with Gasteiger partial charge in [-0.25, -0.2) is 4.79 Å². The number of esters is 1. The van der Waals surface area contributed by atoms with Gasteiger partial charge in [0.15, 0.2) is 0 Å². The predicted molar refractivity (Wildman–Crippen MR) is 74.2 cm³/mol. The van der Waals surface area contributed by atoms with E-state index in [4.69, 9.17) is 4.74 Å². The molecule has 0 saturated carbocycles. The Bertz CT molecular complexity index is 490. The van der Waals surface area contributed by atoms with Crippen molar-refractivity contribution in [2.24, 2.45) is 0 Å². The highest BCUT2D eigenvalue weighted by atomic mass is 16.6. The minimum Gasteiger partial charge on any atom is -0.465 e. The van der Waals surface area contributed by atoms with Crippen LogP contribution in [-0.4, -0.2) is 45.3 Å². The summed E-state index contributed by atoms with van der Waals surface area (Å²) in [4.78, 5) is 23.8. The second-order valence-corrected chi connectivity index (χ2v) is 4.22. The highest BCUT2D eigenvalue weighted by Crippen LogP contribution is 2.25. The van der Waals surface area contributed by atoms with Crippen molar-refractivity contribution in [3.8, 4) is 0 Å². The van der Waals surface area contributed by atoms with Gasteiger partial charge in [-0.2, -0.15) is 0 Å². The van der Waals surface area contributed by atoms with Gasteiger partial charge in [-0.15, -0.1) is 0 Å². The van der Waals surface area contributed by atoms with Gasteiger partial charge >= 0.3 is 5.97 Å². The molecule has 0 spiro atoms. The average Bonchev–Trinajstić information content (AvgIpc) is 2.45. The second-order valence-electron chi connectivity index (χ2n) is 4.22. The summed E-state index contributed by atoms with van der Waals surface area (Å²) >= 11 is 0. The topological polar surface area (TPSA) is 81.9 Å². The van der Waals surface area contributed by atoms with E-state index in [-0.39, 0.29) is 11.3 Å². The Morgan fingerprint density at radius 3 is 2.65 bits per heavy atom. The van der Waals surface area contributed by atoms with Crippen LogP contribution in [0.15, 0.2) is 18.2 Å². The minimum atomic E-state index is -0.595. The normalized spacial score (nSPS) is 10.2. The summed E-state index contributed by atoms with van der Waals surface area (Å²) in [6.45, 7) is 1.26. The number of nitro groups is 1. The van der Waals surface area contributed by atoms with Crippen LogP contribution in [0.2, 0.25) is 0 Å². The molecule has 0 aliphatic heterocycles. The zero-order valence-corrected chi connectivity index (χ0v) is 11.8. The smallest absolute Gasteiger partial charge is 0.340 e. The van der Waals surface area contributed by atoms with E-state index in [0.29, 0.717) is 18.8 Å². The molecule has 0 aliphatic carbocycles. The molecule has 0 aliphatic rings. The number of benzene rings is 1. The lowest BCUT2D eigenvalue weighted by Crippen LogP contribution is -2.22.